The lowest BCUT2D eigenvalue weighted by Crippen LogP contribution is -2.46. The zero-order valence-electron chi connectivity index (χ0n) is 12.0. The minimum Gasteiger partial charge on any atom is -0.459 e. The summed E-state index contributed by atoms with van der Waals surface area (Å²) < 4.78 is 5.70. The summed E-state index contributed by atoms with van der Waals surface area (Å²) in [5, 5.41) is 0. The van der Waals surface area contributed by atoms with Crippen LogP contribution in [-0.2, 0) is 9.53 Å². The molecule has 0 aromatic rings. The highest BCUT2D eigenvalue weighted by Crippen LogP contribution is 2.76. The van der Waals surface area contributed by atoms with E-state index in [9.17, 15) is 4.79 Å². The summed E-state index contributed by atoms with van der Waals surface area (Å²) in [7, 11) is 0. The van der Waals surface area contributed by atoms with Crippen LogP contribution in [0.2, 0.25) is 0 Å². The van der Waals surface area contributed by atoms with E-state index in [0.29, 0.717) is 5.41 Å². The Balaban J connectivity index is 1.66. The second-order valence-corrected chi connectivity index (χ2v) is 8.05. The van der Waals surface area contributed by atoms with E-state index in [1.165, 1.54) is 31.8 Å². The van der Waals surface area contributed by atoms with Gasteiger partial charge in [-0.1, -0.05) is 20.4 Å². The van der Waals surface area contributed by atoms with Crippen LogP contribution in [0.5, 0.6) is 0 Å². The van der Waals surface area contributed by atoms with Crippen molar-refractivity contribution in [1.82, 2.24) is 0 Å². The van der Waals surface area contributed by atoms with Crippen molar-refractivity contribution in [2.24, 2.45) is 34.5 Å². The molecule has 0 saturated heterocycles. The lowest BCUT2D eigenvalue weighted by molar-refractivity contribution is -0.155. The average molecular weight is 260 g/mol. The highest BCUT2D eigenvalue weighted by atomic mass is 16.5. The monoisotopic (exact) mass is 260 g/mol. The van der Waals surface area contributed by atoms with E-state index in [-0.39, 0.29) is 17.5 Å². The molecule has 0 aliphatic heterocycles. The lowest BCUT2D eigenvalue weighted by atomic mass is 9.59. The first-order chi connectivity index (χ1) is 8.98. The molecule has 0 radical (unpaired) electrons. The summed E-state index contributed by atoms with van der Waals surface area (Å²) in [4.78, 5) is 11.6. The molecule has 0 spiro atoms. The molecule has 2 nitrogen and oxygen atoms in total. The Morgan fingerprint density at radius 1 is 1.32 bits per heavy atom. The summed E-state index contributed by atoms with van der Waals surface area (Å²) in [6, 6.07) is 0. The standard InChI is InChI=1S/C17H24O2/c1-4-13(18)19-12-7-11-9-17(12,3)15-14(11)10-5-6-16(15,2)8-10/h4,10-12,14-15H,1,5-9H2,2-3H3/t10?,11?,12?,14-,15?,16?,17?/m0/s1. The smallest absolute Gasteiger partial charge is 0.330 e. The molecule has 0 heterocycles. The summed E-state index contributed by atoms with van der Waals surface area (Å²) >= 11 is 0. The fourth-order valence-electron chi connectivity index (χ4n) is 6.87. The fourth-order valence-corrected chi connectivity index (χ4v) is 6.87. The molecule has 6 unspecified atom stereocenters. The van der Waals surface area contributed by atoms with E-state index in [1.54, 1.807) is 0 Å². The first-order valence-electron chi connectivity index (χ1n) is 7.81. The predicted octanol–water partition coefficient (Wildman–Crippen LogP) is 3.57. The number of rotatable bonds is 2. The van der Waals surface area contributed by atoms with Crippen LogP contribution in [0, 0.1) is 34.5 Å². The molecule has 2 heteroatoms. The minimum absolute atomic E-state index is 0.139. The zero-order chi connectivity index (χ0) is 13.4. The number of hydrogen-bond donors (Lipinski definition) is 0. The summed E-state index contributed by atoms with van der Waals surface area (Å²) in [5.74, 6) is 3.27. The van der Waals surface area contributed by atoms with Gasteiger partial charge in [-0.15, -0.1) is 0 Å². The summed E-state index contributed by atoms with van der Waals surface area (Å²) in [5.41, 5.74) is 0.760. The van der Waals surface area contributed by atoms with Gasteiger partial charge in [0.05, 0.1) is 0 Å². The SMILES string of the molecule is C=CC(=O)OC1CC2CC1(C)C1[C@H]2C2CCC1(C)C2. The fraction of sp³-hybridized carbons (Fsp3) is 0.824. The molecule has 4 fully saturated rings. The van der Waals surface area contributed by atoms with Crippen molar-refractivity contribution in [2.75, 3.05) is 0 Å². The molecule has 0 N–H and O–H groups in total. The molecule has 4 aliphatic rings. The van der Waals surface area contributed by atoms with E-state index in [2.05, 4.69) is 20.4 Å². The van der Waals surface area contributed by atoms with Crippen LogP contribution in [-0.4, -0.2) is 12.1 Å². The first-order valence-corrected chi connectivity index (χ1v) is 7.81. The van der Waals surface area contributed by atoms with Gasteiger partial charge >= 0.3 is 5.97 Å². The lowest BCUT2D eigenvalue weighted by Gasteiger charge is -2.48. The van der Waals surface area contributed by atoms with Crippen LogP contribution in [0.3, 0.4) is 0 Å². The van der Waals surface area contributed by atoms with Crippen molar-refractivity contribution in [3.8, 4) is 0 Å². The van der Waals surface area contributed by atoms with Gasteiger partial charge in [0.25, 0.3) is 0 Å². The summed E-state index contributed by atoms with van der Waals surface area (Å²) in [6.07, 6.45) is 8.10. The van der Waals surface area contributed by atoms with E-state index in [4.69, 9.17) is 4.74 Å². The van der Waals surface area contributed by atoms with Gasteiger partial charge in [0, 0.05) is 11.5 Å². The van der Waals surface area contributed by atoms with Gasteiger partial charge in [0.15, 0.2) is 0 Å². The van der Waals surface area contributed by atoms with E-state index in [0.717, 1.165) is 30.1 Å². The second-order valence-electron chi connectivity index (χ2n) is 8.05. The number of hydrogen-bond acceptors (Lipinski definition) is 2. The topological polar surface area (TPSA) is 26.3 Å². The molecule has 7 atom stereocenters. The van der Waals surface area contributed by atoms with Crippen LogP contribution < -0.4 is 0 Å². The van der Waals surface area contributed by atoms with Gasteiger partial charge < -0.3 is 4.74 Å². The van der Waals surface area contributed by atoms with Crippen LogP contribution in [0.4, 0.5) is 0 Å². The van der Waals surface area contributed by atoms with Crippen LogP contribution in [0.15, 0.2) is 12.7 Å². The molecule has 19 heavy (non-hydrogen) atoms. The maximum Gasteiger partial charge on any atom is 0.330 e. The van der Waals surface area contributed by atoms with Crippen molar-refractivity contribution in [3.05, 3.63) is 12.7 Å². The third kappa shape index (κ3) is 1.31. The quantitative estimate of drug-likeness (QED) is 0.431. The van der Waals surface area contributed by atoms with Gasteiger partial charge in [-0.05, 0) is 61.2 Å². The van der Waals surface area contributed by atoms with Gasteiger partial charge in [0.2, 0.25) is 0 Å². The Labute approximate surface area is 115 Å². The number of ether oxygens (including phenoxy) is 1. The number of esters is 1. The van der Waals surface area contributed by atoms with Crippen molar-refractivity contribution in [2.45, 2.75) is 52.1 Å². The van der Waals surface area contributed by atoms with Gasteiger partial charge in [-0.2, -0.15) is 0 Å². The van der Waals surface area contributed by atoms with Crippen molar-refractivity contribution >= 4 is 5.97 Å². The molecule has 0 aromatic heterocycles. The third-order valence-corrected chi connectivity index (χ3v) is 7.13. The number of carbonyl (C=O) groups is 1. The molecule has 0 amide bonds. The Hall–Kier alpha value is -0.790. The number of carbonyl (C=O) groups excluding carboxylic acids is 1. The highest BCUT2D eigenvalue weighted by Gasteiger charge is 2.72. The highest BCUT2D eigenvalue weighted by molar-refractivity contribution is 5.81. The maximum atomic E-state index is 11.6. The van der Waals surface area contributed by atoms with Gasteiger partial charge in [-0.25, -0.2) is 4.79 Å². The largest absolute Gasteiger partial charge is 0.459 e. The molecule has 4 aliphatic carbocycles. The number of fused-ring (bicyclic) bond motifs is 9. The Morgan fingerprint density at radius 3 is 2.84 bits per heavy atom. The van der Waals surface area contributed by atoms with Gasteiger partial charge in [0.1, 0.15) is 6.10 Å². The molecule has 0 aromatic carbocycles. The van der Waals surface area contributed by atoms with Crippen LogP contribution >= 0.6 is 0 Å². The van der Waals surface area contributed by atoms with Crippen molar-refractivity contribution < 1.29 is 9.53 Å². The van der Waals surface area contributed by atoms with E-state index < -0.39 is 0 Å². The van der Waals surface area contributed by atoms with Crippen molar-refractivity contribution in [1.29, 1.82) is 0 Å². The van der Waals surface area contributed by atoms with E-state index >= 15 is 0 Å². The normalized spacial score (nSPS) is 57.3. The molecule has 104 valence electrons. The minimum atomic E-state index is -0.233. The summed E-state index contributed by atoms with van der Waals surface area (Å²) in [6.45, 7) is 8.42. The average Bonchev–Trinajstić information content (AvgIpc) is 3.04. The predicted molar refractivity (Wildman–Crippen MR) is 73.3 cm³/mol. The van der Waals surface area contributed by atoms with Crippen LogP contribution in [0.1, 0.15) is 46.0 Å². The zero-order valence-corrected chi connectivity index (χ0v) is 12.0. The Morgan fingerprint density at radius 2 is 2.11 bits per heavy atom. The van der Waals surface area contributed by atoms with E-state index in [1.807, 2.05) is 0 Å². The van der Waals surface area contributed by atoms with Crippen molar-refractivity contribution in [3.63, 3.8) is 0 Å². The van der Waals surface area contributed by atoms with Crippen LogP contribution in [0.25, 0.3) is 0 Å². The second kappa shape index (κ2) is 3.45. The molecule has 4 bridgehead atoms. The maximum absolute atomic E-state index is 11.6. The Kier molecular flexibility index (Phi) is 2.18. The molecule has 4 saturated carbocycles. The first kappa shape index (κ1) is 12.0. The Bertz CT molecular complexity index is 456. The molecular weight excluding hydrogens is 236 g/mol. The van der Waals surface area contributed by atoms with Gasteiger partial charge in [-0.3, -0.25) is 0 Å². The third-order valence-electron chi connectivity index (χ3n) is 7.13. The molecule has 4 rings (SSSR count). The molecular formula is C17H24O2.